The minimum Gasteiger partial charge on any atom is -0.376 e. The van der Waals surface area contributed by atoms with Gasteiger partial charge in [0.2, 0.25) is 0 Å². The van der Waals surface area contributed by atoms with Crippen LogP contribution < -0.4 is 5.48 Å². The highest BCUT2D eigenvalue weighted by molar-refractivity contribution is 4.98. The predicted octanol–water partition coefficient (Wildman–Crippen LogP) is 3.35. The molecular weight excluding hydrogens is 346 g/mol. The first-order valence-corrected chi connectivity index (χ1v) is 10.1. The fourth-order valence-electron chi connectivity index (χ4n) is 5.08. The normalized spacial score (nSPS) is 29.1. The number of ether oxygens (including phenoxy) is 1. The van der Waals surface area contributed by atoms with Gasteiger partial charge in [0.25, 0.3) is 0 Å². The lowest BCUT2D eigenvalue weighted by Crippen LogP contribution is -2.62. The zero-order valence-corrected chi connectivity index (χ0v) is 18.5. The molecule has 0 amide bonds. The topological polar surface area (TPSA) is 77.4 Å². The Morgan fingerprint density at radius 3 is 1.59 bits per heavy atom. The van der Waals surface area contributed by atoms with E-state index in [1.54, 1.807) is 0 Å². The van der Waals surface area contributed by atoms with Crippen molar-refractivity contribution in [3.8, 4) is 0 Å². The Balaban J connectivity index is 1.73. The second kappa shape index (κ2) is 7.86. The molecule has 0 bridgehead atoms. The lowest BCUT2D eigenvalue weighted by molar-refractivity contribution is -0.262. The van der Waals surface area contributed by atoms with Gasteiger partial charge in [-0.1, -0.05) is 0 Å². The van der Waals surface area contributed by atoms with E-state index < -0.39 is 0 Å². The summed E-state index contributed by atoms with van der Waals surface area (Å²) >= 11 is 0. The number of hydrogen-bond acceptors (Lipinski definition) is 7. The third-order valence-corrected chi connectivity index (χ3v) is 6.03. The highest BCUT2D eigenvalue weighted by atomic mass is 16.7. The molecule has 0 unspecified atom stereocenters. The van der Waals surface area contributed by atoms with Crippen LogP contribution in [0.15, 0.2) is 0 Å². The Bertz CT molecular complexity index is 427. The monoisotopic (exact) mass is 387 g/mol. The van der Waals surface area contributed by atoms with E-state index in [0.29, 0.717) is 13.2 Å². The number of piperidine rings is 2. The largest absolute Gasteiger partial charge is 0.376 e. The van der Waals surface area contributed by atoms with Crippen molar-refractivity contribution in [3.63, 3.8) is 0 Å². The maximum absolute atomic E-state index is 10.4. The molecule has 0 atom stereocenters. The van der Waals surface area contributed by atoms with E-state index in [1.807, 2.05) is 55.4 Å². The summed E-state index contributed by atoms with van der Waals surface area (Å²) in [5.74, 6) is 0. The smallest absolute Gasteiger partial charge is 0.0916 e. The summed E-state index contributed by atoms with van der Waals surface area (Å²) < 4.78 is 6.04. The Kier molecular flexibility index (Phi) is 6.70. The van der Waals surface area contributed by atoms with Gasteiger partial charge in [-0.15, -0.1) is 0 Å². The van der Waals surface area contributed by atoms with Crippen molar-refractivity contribution in [1.29, 1.82) is 0 Å². The van der Waals surface area contributed by atoms with Gasteiger partial charge in [0.1, 0.15) is 0 Å². The molecule has 7 nitrogen and oxygen atoms in total. The molecule has 0 aromatic heterocycles. The summed E-state index contributed by atoms with van der Waals surface area (Å²) in [6.45, 7) is 17.3. The van der Waals surface area contributed by atoms with E-state index in [1.165, 1.54) is 10.1 Å². The van der Waals surface area contributed by atoms with Crippen molar-refractivity contribution in [3.05, 3.63) is 0 Å². The van der Waals surface area contributed by atoms with Crippen LogP contribution in [0.2, 0.25) is 0 Å². The van der Waals surface area contributed by atoms with Gasteiger partial charge in [0.15, 0.2) is 0 Å². The number of hydroxylamine groups is 5. The van der Waals surface area contributed by atoms with Gasteiger partial charge in [-0.25, -0.2) is 0 Å². The molecule has 7 heteroatoms. The van der Waals surface area contributed by atoms with Gasteiger partial charge in [0.05, 0.1) is 19.3 Å². The minimum atomic E-state index is -0.305. The molecule has 0 aromatic carbocycles. The quantitative estimate of drug-likeness (QED) is 0.476. The van der Waals surface area contributed by atoms with Crippen LogP contribution >= 0.6 is 0 Å². The van der Waals surface area contributed by atoms with Gasteiger partial charge in [-0.3, -0.25) is 4.84 Å². The summed E-state index contributed by atoms with van der Waals surface area (Å²) in [6.07, 6.45) is 3.31. The Morgan fingerprint density at radius 1 is 0.741 bits per heavy atom. The number of nitrogens with zero attached hydrogens (tertiary/aromatic N) is 2. The third kappa shape index (κ3) is 5.41. The van der Waals surface area contributed by atoms with Crippen molar-refractivity contribution >= 4 is 0 Å². The first kappa shape index (κ1) is 23.0. The molecule has 0 saturated carbocycles. The molecule has 2 rings (SSSR count). The van der Waals surface area contributed by atoms with Gasteiger partial charge < -0.3 is 15.2 Å². The summed E-state index contributed by atoms with van der Waals surface area (Å²) in [7, 11) is 0. The number of rotatable bonds is 6. The summed E-state index contributed by atoms with van der Waals surface area (Å²) in [5, 5.41) is 23.7. The molecule has 0 radical (unpaired) electrons. The van der Waals surface area contributed by atoms with Crippen molar-refractivity contribution in [1.82, 2.24) is 15.6 Å². The van der Waals surface area contributed by atoms with E-state index in [2.05, 4.69) is 5.48 Å². The number of nitrogens with one attached hydrogen (secondary N) is 1. The first-order chi connectivity index (χ1) is 12.2. The second-order valence-electron chi connectivity index (χ2n) is 10.8. The average molecular weight is 388 g/mol. The average Bonchev–Trinajstić information content (AvgIpc) is 2.49. The van der Waals surface area contributed by atoms with Crippen molar-refractivity contribution in [2.24, 2.45) is 0 Å². The van der Waals surface area contributed by atoms with Crippen LogP contribution in [-0.4, -0.2) is 68.1 Å². The lowest BCUT2D eigenvalue weighted by atomic mass is 9.79. The van der Waals surface area contributed by atoms with Crippen molar-refractivity contribution in [2.45, 2.75) is 115 Å². The summed E-state index contributed by atoms with van der Waals surface area (Å²) in [5.41, 5.74) is 1.96. The van der Waals surface area contributed by atoms with Gasteiger partial charge in [0, 0.05) is 28.2 Å². The molecule has 0 aromatic rings. The maximum Gasteiger partial charge on any atom is 0.0916 e. The molecule has 160 valence electrons. The predicted molar refractivity (Wildman–Crippen MR) is 105 cm³/mol. The van der Waals surface area contributed by atoms with Crippen LogP contribution in [-0.2, 0) is 9.57 Å². The SMILES string of the molecule is CC1(C)CC(NOCCOC2CC(C)(C)N(O)C(C)(C)C2)CC(C)(C)N1O. The third-order valence-electron chi connectivity index (χ3n) is 6.03. The molecule has 2 heterocycles. The van der Waals surface area contributed by atoms with E-state index in [-0.39, 0.29) is 34.3 Å². The molecule has 3 N–H and O–H groups in total. The number of hydrogen-bond donors (Lipinski definition) is 3. The summed E-state index contributed by atoms with van der Waals surface area (Å²) in [4.78, 5) is 5.68. The van der Waals surface area contributed by atoms with Crippen molar-refractivity contribution < 1.29 is 20.0 Å². The maximum atomic E-state index is 10.4. The van der Waals surface area contributed by atoms with Crippen LogP contribution in [0, 0.1) is 0 Å². The molecule has 2 fully saturated rings. The Hall–Kier alpha value is -0.280. The second-order valence-corrected chi connectivity index (χ2v) is 10.8. The van der Waals surface area contributed by atoms with Crippen LogP contribution in [0.5, 0.6) is 0 Å². The van der Waals surface area contributed by atoms with Crippen LogP contribution in [0.4, 0.5) is 0 Å². The van der Waals surface area contributed by atoms with Gasteiger partial charge >= 0.3 is 0 Å². The van der Waals surface area contributed by atoms with E-state index in [0.717, 1.165) is 25.7 Å². The van der Waals surface area contributed by atoms with E-state index in [4.69, 9.17) is 9.57 Å². The molecule has 0 spiro atoms. The minimum absolute atomic E-state index is 0.109. The highest BCUT2D eigenvalue weighted by Crippen LogP contribution is 2.38. The standard InChI is InChI=1S/C20H41N3O4/c1-17(2)11-15(12-18(3,4)22(17)24)21-27-10-9-26-16-13-19(5,6)23(25)20(7,8)14-16/h15-16,21,24-25H,9-14H2,1-8H3. The molecule has 2 saturated heterocycles. The fraction of sp³-hybridized carbons (Fsp3) is 1.00. The van der Waals surface area contributed by atoms with E-state index in [9.17, 15) is 10.4 Å². The van der Waals surface area contributed by atoms with Gasteiger partial charge in [-0.05, 0) is 81.1 Å². The summed E-state index contributed by atoms with van der Waals surface area (Å²) in [6, 6.07) is 0.189. The van der Waals surface area contributed by atoms with E-state index >= 15 is 0 Å². The zero-order valence-electron chi connectivity index (χ0n) is 18.5. The van der Waals surface area contributed by atoms with Gasteiger partial charge in [-0.2, -0.15) is 15.6 Å². The van der Waals surface area contributed by atoms with Crippen LogP contribution in [0.1, 0.15) is 81.1 Å². The molecular formula is C20H41N3O4. The molecule has 2 aliphatic heterocycles. The Labute approximate surface area is 164 Å². The Morgan fingerprint density at radius 2 is 1.15 bits per heavy atom. The molecule has 2 aliphatic rings. The zero-order chi connectivity index (χ0) is 20.7. The molecule has 0 aliphatic carbocycles. The van der Waals surface area contributed by atoms with Crippen molar-refractivity contribution in [2.75, 3.05) is 13.2 Å². The molecule has 27 heavy (non-hydrogen) atoms. The van der Waals surface area contributed by atoms with Crippen LogP contribution in [0.3, 0.4) is 0 Å². The lowest BCUT2D eigenvalue weighted by Gasteiger charge is -2.51. The fourth-order valence-corrected chi connectivity index (χ4v) is 5.08. The highest BCUT2D eigenvalue weighted by Gasteiger charge is 2.46. The van der Waals surface area contributed by atoms with Crippen LogP contribution in [0.25, 0.3) is 0 Å². The first-order valence-electron chi connectivity index (χ1n) is 10.1.